The van der Waals surface area contributed by atoms with Crippen molar-refractivity contribution in [2.24, 2.45) is 5.10 Å². The number of aromatic nitrogens is 3. The monoisotopic (exact) mass is 462 g/mol. The molecule has 0 saturated heterocycles. The number of H-pyrrole nitrogens is 1. The van der Waals surface area contributed by atoms with E-state index in [9.17, 15) is 8.78 Å². The van der Waals surface area contributed by atoms with Crippen molar-refractivity contribution < 1.29 is 17.9 Å². The predicted molar refractivity (Wildman–Crippen MR) is 97.6 cm³/mol. The van der Waals surface area contributed by atoms with Gasteiger partial charge in [-0.05, 0) is 42.5 Å². The standard InChI is InChI=1S/C15H10BrClF2N4O2S/c16-8-1-4-12(11(17)5-8)24-7-10-3-2-9(25-10)6-20-23-14(13(18)19)21-22-15(23)26/h1-6,13H,7H2,(H,22,26)/b20-6+. The minimum atomic E-state index is -2.81. The highest BCUT2D eigenvalue weighted by atomic mass is 79.9. The number of alkyl halides is 2. The van der Waals surface area contributed by atoms with Crippen LogP contribution < -0.4 is 4.74 Å². The Kier molecular flexibility index (Phi) is 5.84. The van der Waals surface area contributed by atoms with Crippen LogP contribution in [0.1, 0.15) is 23.8 Å². The molecule has 0 unspecified atom stereocenters. The number of hydrogen-bond donors (Lipinski definition) is 1. The van der Waals surface area contributed by atoms with E-state index in [0.717, 1.165) is 9.15 Å². The fourth-order valence-electron chi connectivity index (χ4n) is 1.95. The molecule has 3 aromatic rings. The summed E-state index contributed by atoms with van der Waals surface area (Å²) in [6.07, 6.45) is -1.55. The molecule has 0 aliphatic carbocycles. The predicted octanol–water partition coefficient (Wildman–Crippen LogP) is 5.35. The van der Waals surface area contributed by atoms with Gasteiger partial charge in [0.25, 0.3) is 6.43 Å². The Morgan fingerprint density at radius 3 is 2.96 bits per heavy atom. The van der Waals surface area contributed by atoms with Gasteiger partial charge in [-0.3, -0.25) is 0 Å². The second kappa shape index (κ2) is 8.11. The smallest absolute Gasteiger partial charge is 0.299 e. The molecular weight excluding hydrogens is 454 g/mol. The summed E-state index contributed by atoms with van der Waals surface area (Å²) >= 11 is 14.2. The Hall–Kier alpha value is -2.04. The van der Waals surface area contributed by atoms with Crippen LogP contribution in [0.5, 0.6) is 5.75 Å². The minimum Gasteiger partial charge on any atom is -0.484 e. The van der Waals surface area contributed by atoms with E-state index in [4.69, 9.17) is 33.0 Å². The van der Waals surface area contributed by atoms with E-state index < -0.39 is 12.2 Å². The number of halogens is 4. The van der Waals surface area contributed by atoms with Crippen LogP contribution in [-0.2, 0) is 6.61 Å². The van der Waals surface area contributed by atoms with Crippen molar-refractivity contribution in [1.82, 2.24) is 14.9 Å². The molecule has 0 spiro atoms. The quantitative estimate of drug-likeness (QED) is 0.395. The Balaban J connectivity index is 1.68. The largest absolute Gasteiger partial charge is 0.484 e. The summed E-state index contributed by atoms with van der Waals surface area (Å²) in [5.41, 5.74) is 0. The highest BCUT2D eigenvalue weighted by molar-refractivity contribution is 9.10. The number of nitrogens with zero attached hydrogens (tertiary/aromatic N) is 3. The van der Waals surface area contributed by atoms with Crippen molar-refractivity contribution in [2.75, 3.05) is 0 Å². The van der Waals surface area contributed by atoms with Crippen molar-refractivity contribution in [2.45, 2.75) is 13.0 Å². The van der Waals surface area contributed by atoms with Crippen LogP contribution in [0.2, 0.25) is 5.02 Å². The average molecular weight is 464 g/mol. The number of nitrogens with one attached hydrogen (secondary N) is 1. The van der Waals surface area contributed by atoms with E-state index in [0.29, 0.717) is 22.3 Å². The summed E-state index contributed by atoms with van der Waals surface area (Å²) in [7, 11) is 0. The summed E-state index contributed by atoms with van der Waals surface area (Å²) in [5, 5.41) is 10.0. The molecule has 1 N–H and O–H groups in total. The summed E-state index contributed by atoms with van der Waals surface area (Å²) < 4.78 is 38.4. The van der Waals surface area contributed by atoms with Gasteiger partial charge in [0.1, 0.15) is 23.9 Å². The summed E-state index contributed by atoms with van der Waals surface area (Å²) in [6.45, 7) is 0.141. The number of furan rings is 1. The molecule has 0 radical (unpaired) electrons. The van der Waals surface area contributed by atoms with Crippen LogP contribution in [0.25, 0.3) is 0 Å². The lowest BCUT2D eigenvalue weighted by molar-refractivity contribution is 0.136. The van der Waals surface area contributed by atoms with Gasteiger partial charge < -0.3 is 9.15 Å². The second-order valence-corrected chi connectivity index (χ2v) is 6.62. The maximum atomic E-state index is 12.8. The van der Waals surface area contributed by atoms with Crippen molar-refractivity contribution in [3.8, 4) is 5.75 Å². The highest BCUT2D eigenvalue weighted by Crippen LogP contribution is 2.28. The van der Waals surface area contributed by atoms with Crippen molar-refractivity contribution in [1.29, 1.82) is 0 Å². The molecule has 136 valence electrons. The van der Waals surface area contributed by atoms with Gasteiger partial charge in [0.15, 0.2) is 0 Å². The molecule has 0 bridgehead atoms. The first-order valence-corrected chi connectivity index (χ1v) is 8.68. The third-order valence-corrected chi connectivity index (χ3v) is 4.17. The van der Waals surface area contributed by atoms with Gasteiger partial charge >= 0.3 is 0 Å². The Labute approximate surface area is 164 Å². The third-order valence-electron chi connectivity index (χ3n) is 3.12. The first-order chi connectivity index (χ1) is 12.4. The van der Waals surface area contributed by atoms with E-state index in [-0.39, 0.29) is 11.4 Å². The van der Waals surface area contributed by atoms with Crippen LogP contribution in [0.4, 0.5) is 8.78 Å². The SMILES string of the molecule is FC(F)c1n[nH]c(=S)n1/N=C/c1ccc(COc2ccc(Br)cc2Cl)o1. The Bertz CT molecular complexity index is 1000. The molecule has 0 aliphatic heterocycles. The van der Waals surface area contributed by atoms with Gasteiger partial charge in [0.2, 0.25) is 10.6 Å². The molecule has 2 aromatic heterocycles. The van der Waals surface area contributed by atoms with Gasteiger partial charge in [-0.25, -0.2) is 13.9 Å². The van der Waals surface area contributed by atoms with Gasteiger partial charge in [0.05, 0.1) is 11.2 Å². The Morgan fingerprint density at radius 2 is 2.23 bits per heavy atom. The van der Waals surface area contributed by atoms with Crippen LogP contribution in [-0.4, -0.2) is 21.1 Å². The average Bonchev–Trinajstić information content (AvgIpc) is 3.18. The summed E-state index contributed by atoms with van der Waals surface area (Å²) in [5.74, 6) is 0.781. The molecule has 2 heterocycles. The van der Waals surface area contributed by atoms with E-state index in [1.807, 2.05) is 0 Å². The van der Waals surface area contributed by atoms with E-state index in [2.05, 4.69) is 31.2 Å². The topological polar surface area (TPSA) is 68.3 Å². The van der Waals surface area contributed by atoms with E-state index >= 15 is 0 Å². The second-order valence-electron chi connectivity index (χ2n) is 4.91. The molecule has 0 saturated carbocycles. The number of ether oxygens (including phenoxy) is 1. The third kappa shape index (κ3) is 4.37. The lowest BCUT2D eigenvalue weighted by Crippen LogP contribution is -1.99. The number of rotatable bonds is 6. The lowest BCUT2D eigenvalue weighted by Gasteiger charge is -2.06. The van der Waals surface area contributed by atoms with Crippen molar-refractivity contribution in [3.05, 3.63) is 61.9 Å². The van der Waals surface area contributed by atoms with Gasteiger partial charge in [-0.1, -0.05) is 27.5 Å². The summed E-state index contributed by atoms with van der Waals surface area (Å²) in [4.78, 5) is 0. The molecule has 11 heteroatoms. The first kappa shape index (κ1) is 18.7. The van der Waals surface area contributed by atoms with Crippen LogP contribution in [0.15, 0.2) is 44.3 Å². The van der Waals surface area contributed by atoms with E-state index in [1.54, 1.807) is 30.3 Å². The van der Waals surface area contributed by atoms with Gasteiger partial charge in [-0.2, -0.15) is 14.9 Å². The molecule has 0 amide bonds. The normalized spacial score (nSPS) is 11.6. The first-order valence-electron chi connectivity index (χ1n) is 7.10. The highest BCUT2D eigenvalue weighted by Gasteiger charge is 2.16. The van der Waals surface area contributed by atoms with Crippen LogP contribution >= 0.6 is 39.7 Å². The molecular formula is C15H10BrClF2N4O2S. The zero-order valence-electron chi connectivity index (χ0n) is 12.8. The molecule has 6 nitrogen and oxygen atoms in total. The zero-order valence-corrected chi connectivity index (χ0v) is 16.0. The molecule has 0 atom stereocenters. The van der Waals surface area contributed by atoms with Gasteiger partial charge in [-0.15, -0.1) is 0 Å². The number of benzene rings is 1. The molecule has 26 heavy (non-hydrogen) atoms. The minimum absolute atomic E-state index is 0.0449. The fourth-order valence-corrected chi connectivity index (χ4v) is 2.87. The maximum Gasteiger partial charge on any atom is 0.299 e. The van der Waals surface area contributed by atoms with Crippen molar-refractivity contribution >= 4 is 46.0 Å². The Morgan fingerprint density at radius 1 is 1.42 bits per heavy atom. The van der Waals surface area contributed by atoms with Crippen molar-refractivity contribution in [3.63, 3.8) is 0 Å². The molecule has 3 rings (SSSR count). The van der Waals surface area contributed by atoms with Crippen LogP contribution in [0, 0.1) is 4.77 Å². The molecule has 0 fully saturated rings. The maximum absolute atomic E-state index is 12.8. The van der Waals surface area contributed by atoms with E-state index in [1.165, 1.54) is 6.21 Å². The summed E-state index contributed by atoms with van der Waals surface area (Å²) in [6, 6.07) is 8.54. The van der Waals surface area contributed by atoms with Gasteiger partial charge in [0, 0.05) is 4.47 Å². The lowest BCUT2D eigenvalue weighted by atomic mass is 10.3. The molecule has 0 aliphatic rings. The number of aromatic amines is 1. The van der Waals surface area contributed by atoms with Crippen LogP contribution in [0.3, 0.4) is 0 Å². The number of hydrogen-bond acceptors (Lipinski definition) is 5. The fraction of sp³-hybridized carbons (Fsp3) is 0.133. The zero-order chi connectivity index (χ0) is 18.7. The molecule has 1 aromatic carbocycles.